The number of anilines is 1. The number of rotatable bonds is 4. The quantitative estimate of drug-likeness (QED) is 0.526. The first kappa shape index (κ1) is 16.2. The molecule has 0 spiro atoms. The standard InChI is InChI=1S/C12H13F5N2O/c1-5(2)19(3)6(20)4-18-12-10(16)8(14)7(13)9(15)11(12)17/h5,18H,4H2,1-3H3. The highest BCUT2D eigenvalue weighted by atomic mass is 19.2. The zero-order valence-electron chi connectivity index (χ0n) is 11.0. The lowest BCUT2D eigenvalue weighted by Crippen LogP contribution is -2.37. The Morgan fingerprint density at radius 3 is 1.80 bits per heavy atom. The van der Waals surface area contributed by atoms with Gasteiger partial charge in [-0.15, -0.1) is 0 Å². The van der Waals surface area contributed by atoms with Crippen molar-refractivity contribution in [3.8, 4) is 0 Å². The van der Waals surface area contributed by atoms with Crippen LogP contribution in [0.1, 0.15) is 13.8 Å². The molecule has 8 heteroatoms. The molecular formula is C12H13F5N2O. The third kappa shape index (κ3) is 3.00. The number of hydrogen-bond acceptors (Lipinski definition) is 2. The van der Waals surface area contributed by atoms with Gasteiger partial charge in [0.05, 0.1) is 6.54 Å². The van der Waals surface area contributed by atoms with Gasteiger partial charge in [-0.3, -0.25) is 4.79 Å². The van der Waals surface area contributed by atoms with E-state index in [0.717, 1.165) is 0 Å². The van der Waals surface area contributed by atoms with E-state index >= 15 is 0 Å². The second-order valence-corrected chi connectivity index (χ2v) is 4.40. The minimum atomic E-state index is -2.24. The van der Waals surface area contributed by atoms with Crippen molar-refractivity contribution < 1.29 is 26.7 Å². The highest BCUT2D eigenvalue weighted by Crippen LogP contribution is 2.26. The molecule has 112 valence electrons. The topological polar surface area (TPSA) is 32.3 Å². The Hall–Kier alpha value is -1.86. The van der Waals surface area contributed by atoms with Gasteiger partial charge in [-0.05, 0) is 13.8 Å². The summed E-state index contributed by atoms with van der Waals surface area (Å²) in [6, 6.07) is -0.166. The Balaban J connectivity index is 2.98. The number of benzene rings is 1. The summed E-state index contributed by atoms with van der Waals surface area (Å²) in [6.07, 6.45) is 0. The fourth-order valence-corrected chi connectivity index (χ4v) is 1.34. The number of nitrogens with one attached hydrogen (secondary N) is 1. The van der Waals surface area contributed by atoms with Crippen molar-refractivity contribution in [2.75, 3.05) is 18.9 Å². The Morgan fingerprint density at radius 2 is 1.40 bits per heavy atom. The number of likely N-dealkylation sites (N-methyl/N-ethyl adjacent to an activating group) is 1. The van der Waals surface area contributed by atoms with Gasteiger partial charge in [0.25, 0.3) is 0 Å². The maximum Gasteiger partial charge on any atom is 0.241 e. The van der Waals surface area contributed by atoms with E-state index in [2.05, 4.69) is 0 Å². The van der Waals surface area contributed by atoms with Gasteiger partial charge in [0, 0.05) is 13.1 Å². The molecular weight excluding hydrogens is 283 g/mol. The molecule has 20 heavy (non-hydrogen) atoms. The molecule has 0 saturated carbocycles. The molecule has 1 amide bonds. The van der Waals surface area contributed by atoms with E-state index in [0.29, 0.717) is 0 Å². The zero-order valence-corrected chi connectivity index (χ0v) is 11.0. The molecule has 0 heterocycles. The van der Waals surface area contributed by atoms with Crippen molar-refractivity contribution in [2.24, 2.45) is 0 Å². The third-order valence-corrected chi connectivity index (χ3v) is 2.79. The van der Waals surface area contributed by atoms with Gasteiger partial charge in [-0.1, -0.05) is 0 Å². The van der Waals surface area contributed by atoms with Crippen LogP contribution in [0.25, 0.3) is 0 Å². The molecule has 0 aromatic heterocycles. The van der Waals surface area contributed by atoms with Crippen LogP contribution in [0.4, 0.5) is 27.6 Å². The van der Waals surface area contributed by atoms with Crippen LogP contribution >= 0.6 is 0 Å². The number of carbonyl (C=O) groups is 1. The minimum absolute atomic E-state index is 0.166. The van der Waals surface area contributed by atoms with Gasteiger partial charge in [0.15, 0.2) is 23.3 Å². The van der Waals surface area contributed by atoms with Gasteiger partial charge in [-0.2, -0.15) is 0 Å². The fraction of sp³-hybridized carbons (Fsp3) is 0.417. The molecule has 1 aromatic carbocycles. The Morgan fingerprint density at radius 1 is 1.00 bits per heavy atom. The summed E-state index contributed by atoms with van der Waals surface area (Å²) in [5.74, 6) is -10.9. The Labute approximate surface area is 112 Å². The lowest BCUT2D eigenvalue weighted by atomic mass is 10.2. The van der Waals surface area contributed by atoms with E-state index in [-0.39, 0.29) is 6.04 Å². The first-order valence-electron chi connectivity index (χ1n) is 5.69. The molecule has 3 nitrogen and oxygen atoms in total. The lowest BCUT2D eigenvalue weighted by Gasteiger charge is -2.22. The van der Waals surface area contributed by atoms with Crippen molar-refractivity contribution in [2.45, 2.75) is 19.9 Å². The summed E-state index contributed by atoms with van der Waals surface area (Å²) >= 11 is 0. The highest BCUT2D eigenvalue weighted by molar-refractivity contribution is 5.81. The predicted molar refractivity (Wildman–Crippen MR) is 62.6 cm³/mol. The number of nitrogens with zero attached hydrogens (tertiary/aromatic N) is 1. The first-order chi connectivity index (χ1) is 9.18. The largest absolute Gasteiger partial charge is 0.371 e. The molecule has 0 aliphatic heterocycles. The second-order valence-electron chi connectivity index (χ2n) is 4.40. The lowest BCUT2D eigenvalue weighted by molar-refractivity contribution is -0.129. The molecule has 0 aliphatic carbocycles. The SMILES string of the molecule is CC(C)N(C)C(=O)CNc1c(F)c(F)c(F)c(F)c1F. The minimum Gasteiger partial charge on any atom is -0.371 e. The maximum atomic E-state index is 13.3. The molecule has 1 rings (SSSR count). The normalized spacial score (nSPS) is 10.8. The van der Waals surface area contributed by atoms with Crippen molar-refractivity contribution in [3.63, 3.8) is 0 Å². The van der Waals surface area contributed by atoms with Crippen LogP contribution in [0.15, 0.2) is 0 Å². The zero-order chi connectivity index (χ0) is 15.6. The monoisotopic (exact) mass is 296 g/mol. The van der Waals surface area contributed by atoms with Crippen molar-refractivity contribution in [1.29, 1.82) is 0 Å². The summed E-state index contributed by atoms with van der Waals surface area (Å²) in [4.78, 5) is 12.8. The molecule has 0 bridgehead atoms. The summed E-state index contributed by atoms with van der Waals surface area (Å²) in [5.41, 5.74) is -1.22. The number of halogens is 5. The van der Waals surface area contributed by atoms with Crippen LogP contribution < -0.4 is 5.32 Å². The highest BCUT2D eigenvalue weighted by Gasteiger charge is 2.26. The summed E-state index contributed by atoms with van der Waals surface area (Å²) in [6.45, 7) is 2.82. The van der Waals surface area contributed by atoms with E-state index in [1.54, 1.807) is 13.8 Å². The van der Waals surface area contributed by atoms with Crippen LogP contribution in [-0.2, 0) is 4.79 Å². The van der Waals surface area contributed by atoms with Crippen LogP contribution in [0.5, 0.6) is 0 Å². The molecule has 1 N–H and O–H groups in total. The number of amides is 1. The molecule has 0 radical (unpaired) electrons. The van der Waals surface area contributed by atoms with Crippen molar-refractivity contribution in [1.82, 2.24) is 4.90 Å². The molecule has 0 fully saturated rings. The van der Waals surface area contributed by atoms with Gasteiger partial charge in [0.1, 0.15) is 5.69 Å². The van der Waals surface area contributed by atoms with E-state index in [4.69, 9.17) is 0 Å². The predicted octanol–water partition coefficient (Wildman–Crippen LogP) is 2.66. The van der Waals surface area contributed by atoms with Gasteiger partial charge < -0.3 is 10.2 Å². The Kier molecular flexibility index (Phi) is 4.91. The summed E-state index contributed by atoms with van der Waals surface area (Å²) in [7, 11) is 1.45. The van der Waals surface area contributed by atoms with E-state index in [9.17, 15) is 26.7 Å². The van der Waals surface area contributed by atoms with Crippen LogP contribution in [0.2, 0.25) is 0 Å². The van der Waals surface area contributed by atoms with Gasteiger partial charge in [-0.25, -0.2) is 22.0 Å². The second kappa shape index (κ2) is 6.06. The number of carbonyl (C=O) groups excluding carboxylic acids is 1. The molecule has 0 atom stereocenters. The smallest absolute Gasteiger partial charge is 0.241 e. The molecule has 0 saturated heterocycles. The van der Waals surface area contributed by atoms with Crippen LogP contribution in [-0.4, -0.2) is 30.4 Å². The van der Waals surface area contributed by atoms with E-state index in [1.807, 2.05) is 5.32 Å². The summed E-state index contributed by atoms with van der Waals surface area (Å²) < 4.78 is 65.2. The van der Waals surface area contributed by atoms with Crippen LogP contribution in [0, 0.1) is 29.1 Å². The molecule has 1 aromatic rings. The van der Waals surface area contributed by atoms with Crippen molar-refractivity contribution in [3.05, 3.63) is 29.1 Å². The van der Waals surface area contributed by atoms with Gasteiger partial charge >= 0.3 is 0 Å². The summed E-state index contributed by atoms with van der Waals surface area (Å²) in [5, 5.41) is 1.94. The number of hydrogen-bond donors (Lipinski definition) is 1. The fourth-order valence-electron chi connectivity index (χ4n) is 1.34. The van der Waals surface area contributed by atoms with E-state index < -0.39 is 47.2 Å². The Bertz CT molecular complexity index is 504. The van der Waals surface area contributed by atoms with E-state index in [1.165, 1.54) is 11.9 Å². The van der Waals surface area contributed by atoms with Crippen LogP contribution in [0.3, 0.4) is 0 Å². The average molecular weight is 296 g/mol. The average Bonchev–Trinajstić information content (AvgIpc) is 2.41. The first-order valence-corrected chi connectivity index (χ1v) is 5.69. The third-order valence-electron chi connectivity index (χ3n) is 2.79. The maximum absolute atomic E-state index is 13.3. The molecule has 0 aliphatic rings. The van der Waals surface area contributed by atoms with Crippen molar-refractivity contribution >= 4 is 11.6 Å². The van der Waals surface area contributed by atoms with Gasteiger partial charge in [0.2, 0.25) is 11.7 Å². The molecule has 0 unspecified atom stereocenters.